The van der Waals surface area contributed by atoms with Gasteiger partial charge in [-0.05, 0) is 32.6 Å². The molecule has 26 heavy (non-hydrogen) atoms. The quantitative estimate of drug-likeness (QED) is 0.776. The van der Waals surface area contributed by atoms with Crippen LogP contribution < -0.4 is 4.74 Å². The largest absolute Gasteiger partial charge is 0.473 e. The summed E-state index contributed by atoms with van der Waals surface area (Å²) in [5, 5.41) is 0. The topological polar surface area (TPSA) is 64.6 Å². The third-order valence-electron chi connectivity index (χ3n) is 5.54. The number of carbonyl (C=O) groups excluding carboxylic acids is 1. The number of carbonyl (C=O) groups is 1. The molecular formula is C20H27N3O3. The van der Waals surface area contributed by atoms with Gasteiger partial charge in [0.1, 0.15) is 11.7 Å². The molecule has 1 spiro atoms. The molecule has 3 heterocycles. The Hall–Kier alpha value is -1.95. The van der Waals surface area contributed by atoms with Crippen LogP contribution in [0.4, 0.5) is 0 Å². The van der Waals surface area contributed by atoms with Gasteiger partial charge in [-0.25, -0.2) is 4.98 Å². The predicted octanol–water partition coefficient (Wildman–Crippen LogP) is 2.81. The van der Waals surface area contributed by atoms with Gasteiger partial charge in [0, 0.05) is 25.5 Å². The van der Waals surface area contributed by atoms with Crippen molar-refractivity contribution in [3.8, 4) is 5.88 Å². The van der Waals surface area contributed by atoms with Gasteiger partial charge in [-0.3, -0.25) is 9.78 Å². The molecule has 4 rings (SSSR count). The minimum Gasteiger partial charge on any atom is -0.473 e. The van der Waals surface area contributed by atoms with Crippen LogP contribution in [0.15, 0.2) is 24.0 Å². The number of likely N-dealkylation sites (tertiary alicyclic amines) is 1. The first-order valence-corrected chi connectivity index (χ1v) is 9.67. The van der Waals surface area contributed by atoms with E-state index in [1.165, 1.54) is 18.4 Å². The molecule has 1 aliphatic carbocycles. The van der Waals surface area contributed by atoms with E-state index in [-0.39, 0.29) is 17.6 Å². The Morgan fingerprint density at radius 1 is 1.38 bits per heavy atom. The van der Waals surface area contributed by atoms with Gasteiger partial charge in [0.25, 0.3) is 0 Å². The standard InChI is InChI=1S/C20H27N3O3/c1-15-11-21-12-18(22-15)26-17-7-8-25-20(10-17)13-23(14-20)19(24)9-16-5-3-2-4-6-16/h5,11-12,17H,2-4,6-10,13-14H2,1H3. The molecule has 2 fully saturated rings. The smallest absolute Gasteiger partial charge is 0.232 e. The molecule has 0 saturated carbocycles. The Bertz CT molecular complexity index is 697. The second kappa shape index (κ2) is 7.35. The molecule has 0 N–H and O–H groups in total. The third-order valence-corrected chi connectivity index (χ3v) is 5.54. The van der Waals surface area contributed by atoms with E-state index in [0.717, 1.165) is 31.4 Å². The highest BCUT2D eigenvalue weighted by Crippen LogP contribution is 2.36. The van der Waals surface area contributed by atoms with Gasteiger partial charge in [0.05, 0.1) is 31.6 Å². The van der Waals surface area contributed by atoms with Crippen molar-refractivity contribution in [3.63, 3.8) is 0 Å². The average molecular weight is 357 g/mol. The number of aromatic nitrogens is 2. The summed E-state index contributed by atoms with van der Waals surface area (Å²) in [5.41, 5.74) is 1.92. The van der Waals surface area contributed by atoms with Crippen LogP contribution in [0.5, 0.6) is 5.88 Å². The second-order valence-electron chi connectivity index (χ2n) is 7.80. The molecule has 6 heteroatoms. The number of amides is 1. The van der Waals surface area contributed by atoms with E-state index in [9.17, 15) is 4.79 Å². The van der Waals surface area contributed by atoms with Gasteiger partial charge < -0.3 is 14.4 Å². The number of allylic oxidation sites excluding steroid dienone is 1. The van der Waals surface area contributed by atoms with E-state index < -0.39 is 0 Å². The zero-order valence-corrected chi connectivity index (χ0v) is 15.4. The van der Waals surface area contributed by atoms with Crippen molar-refractivity contribution < 1.29 is 14.3 Å². The molecule has 1 unspecified atom stereocenters. The van der Waals surface area contributed by atoms with E-state index in [4.69, 9.17) is 9.47 Å². The minimum atomic E-state index is -0.239. The number of ether oxygens (including phenoxy) is 2. The normalized spacial score (nSPS) is 24.7. The lowest BCUT2D eigenvalue weighted by atomic mass is 9.84. The highest BCUT2D eigenvalue weighted by molar-refractivity contribution is 5.80. The molecular weight excluding hydrogens is 330 g/mol. The van der Waals surface area contributed by atoms with Crippen molar-refractivity contribution in [2.45, 2.75) is 63.6 Å². The third kappa shape index (κ3) is 3.90. The summed E-state index contributed by atoms with van der Waals surface area (Å²) in [6.07, 6.45) is 12.6. The first-order chi connectivity index (χ1) is 12.6. The molecule has 2 saturated heterocycles. The number of aryl methyl sites for hydroxylation is 1. The van der Waals surface area contributed by atoms with Crippen LogP contribution in [0.25, 0.3) is 0 Å². The van der Waals surface area contributed by atoms with Gasteiger partial charge in [-0.15, -0.1) is 0 Å². The van der Waals surface area contributed by atoms with Crippen LogP contribution in [0.3, 0.4) is 0 Å². The van der Waals surface area contributed by atoms with Gasteiger partial charge in [0.2, 0.25) is 11.8 Å². The Labute approximate surface area is 154 Å². The Kier molecular flexibility index (Phi) is 4.94. The van der Waals surface area contributed by atoms with Crippen molar-refractivity contribution in [2.24, 2.45) is 0 Å². The van der Waals surface area contributed by atoms with Crippen LogP contribution in [-0.4, -0.2) is 52.2 Å². The fourth-order valence-corrected chi connectivity index (χ4v) is 4.17. The molecule has 3 aliphatic rings. The Balaban J connectivity index is 1.30. The molecule has 0 radical (unpaired) electrons. The van der Waals surface area contributed by atoms with Crippen molar-refractivity contribution in [2.75, 3.05) is 19.7 Å². The van der Waals surface area contributed by atoms with Gasteiger partial charge in [0.15, 0.2) is 0 Å². The average Bonchev–Trinajstić information content (AvgIpc) is 2.60. The van der Waals surface area contributed by atoms with Crippen LogP contribution in [-0.2, 0) is 9.53 Å². The number of hydrogen-bond acceptors (Lipinski definition) is 5. The highest BCUT2D eigenvalue weighted by atomic mass is 16.5. The fraction of sp³-hybridized carbons (Fsp3) is 0.650. The molecule has 1 aromatic rings. The van der Waals surface area contributed by atoms with E-state index in [1.807, 2.05) is 11.8 Å². The number of hydrogen-bond donors (Lipinski definition) is 0. The minimum absolute atomic E-state index is 0.0677. The SMILES string of the molecule is Cc1cncc(OC2CCOC3(C2)CN(C(=O)CC2=CCCCC2)C3)n1. The van der Waals surface area contributed by atoms with E-state index >= 15 is 0 Å². The lowest BCUT2D eigenvalue weighted by Gasteiger charge is -2.53. The molecule has 0 bridgehead atoms. The summed E-state index contributed by atoms with van der Waals surface area (Å²) >= 11 is 0. The molecule has 1 aromatic heterocycles. The molecule has 1 atom stereocenters. The van der Waals surface area contributed by atoms with E-state index in [1.54, 1.807) is 12.4 Å². The van der Waals surface area contributed by atoms with Crippen LogP contribution in [0, 0.1) is 6.92 Å². The van der Waals surface area contributed by atoms with Crippen molar-refractivity contribution in [1.29, 1.82) is 0 Å². The van der Waals surface area contributed by atoms with Gasteiger partial charge in [-0.2, -0.15) is 0 Å². The Morgan fingerprint density at radius 2 is 2.27 bits per heavy atom. The zero-order valence-electron chi connectivity index (χ0n) is 15.4. The maximum absolute atomic E-state index is 12.5. The van der Waals surface area contributed by atoms with Gasteiger partial charge in [-0.1, -0.05) is 11.6 Å². The van der Waals surface area contributed by atoms with Crippen LogP contribution in [0.1, 0.15) is 50.6 Å². The molecule has 0 aromatic carbocycles. The molecule has 2 aliphatic heterocycles. The van der Waals surface area contributed by atoms with Gasteiger partial charge >= 0.3 is 0 Å². The molecule has 6 nitrogen and oxygen atoms in total. The lowest BCUT2D eigenvalue weighted by molar-refractivity contribution is -0.193. The zero-order chi connectivity index (χ0) is 18.0. The first-order valence-electron chi connectivity index (χ1n) is 9.67. The Morgan fingerprint density at radius 3 is 3.04 bits per heavy atom. The summed E-state index contributed by atoms with van der Waals surface area (Å²) in [6, 6.07) is 0. The van der Waals surface area contributed by atoms with Crippen molar-refractivity contribution in [3.05, 3.63) is 29.7 Å². The summed E-state index contributed by atoms with van der Waals surface area (Å²) in [7, 11) is 0. The maximum atomic E-state index is 12.5. The monoisotopic (exact) mass is 357 g/mol. The lowest BCUT2D eigenvalue weighted by Crippen LogP contribution is -2.67. The molecule has 1 amide bonds. The van der Waals surface area contributed by atoms with Crippen molar-refractivity contribution >= 4 is 5.91 Å². The second-order valence-corrected chi connectivity index (χ2v) is 7.80. The summed E-state index contributed by atoms with van der Waals surface area (Å²) in [4.78, 5) is 22.9. The van der Waals surface area contributed by atoms with E-state index in [0.29, 0.717) is 32.0 Å². The summed E-state index contributed by atoms with van der Waals surface area (Å²) in [6.45, 7) is 3.93. The maximum Gasteiger partial charge on any atom is 0.232 e. The highest BCUT2D eigenvalue weighted by Gasteiger charge is 2.49. The summed E-state index contributed by atoms with van der Waals surface area (Å²) in [5.74, 6) is 0.809. The predicted molar refractivity (Wildman–Crippen MR) is 96.9 cm³/mol. The fourth-order valence-electron chi connectivity index (χ4n) is 4.17. The summed E-state index contributed by atoms with van der Waals surface area (Å²) < 4.78 is 12.1. The van der Waals surface area contributed by atoms with Crippen LogP contribution >= 0.6 is 0 Å². The van der Waals surface area contributed by atoms with Crippen LogP contribution in [0.2, 0.25) is 0 Å². The van der Waals surface area contributed by atoms with Crippen molar-refractivity contribution in [1.82, 2.24) is 14.9 Å². The first kappa shape index (κ1) is 17.5. The number of rotatable bonds is 4. The van der Waals surface area contributed by atoms with E-state index in [2.05, 4.69) is 16.0 Å². The number of nitrogens with zero attached hydrogens (tertiary/aromatic N) is 3. The molecule has 140 valence electrons.